The lowest BCUT2D eigenvalue weighted by atomic mass is 10.1. The van der Waals surface area contributed by atoms with Gasteiger partial charge >= 0.3 is 0 Å². The van der Waals surface area contributed by atoms with Crippen molar-refractivity contribution in [1.29, 1.82) is 0 Å². The third kappa shape index (κ3) is 4.01. The zero-order valence-corrected chi connectivity index (χ0v) is 15.9. The highest BCUT2D eigenvalue weighted by Crippen LogP contribution is 2.54. The molecule has 4 atom stereocenters. The van der Waals surface area contributed by atoms with Crippen LogP contribution in [0.15, 0.2) is 65.7 Å². The van der Waals surface area contributed by atoms with Gasteiger partial charge in [0.05, 0.1) is 31.8 Å². The van der Waals surface area contributed by atoms with Gasteiger partial charge in [-0.25, -0.2) is 0 Å². The van der Waals surface area contributed by atoms with Gasteiger partial charge in [0.2, 0.25) is 5.91 Å². The first kappa shape index (κ1) is 18.8. The summed E-state index contributed by atoms with van der Waals surface area (Å²) in [6.45, 7) is 2.47. The second kappa shape index (κ2) is 8.67. The van der Waals surface area contributed by atoms with Crippen LogP contribution in [-0.4, -0.2) is 55.0 Å². The maximum Gasteiger partial charge on any atom is 0.227 e. The molecule has 1 N–H and O–H groups in total. The topological polar surface area (TPSA) is 62.1 Å². The fourth-order valence-corrected chi connectivity index (χ4v) is 4.05. The Kier molecular flexibility index (Phi) is 5.84. The molecule has 1 aliphatic carbocycles. The summed E-state index contributed by atoms with van der Waals surface area (Å²) in [6, 6.07) is 19.7. The van der Waals surface area contributed by atoms with E-state index in [2.05, 4.69) is 17.1 Å². The molecule has 0 radical (unpaired) electrons. The average molecular weight is 378 g/mol. The van der Waals surface area contributed by atoms with E-state index in [1.807, 2.05) is 59.6 Å². The van der Waals surface area contributed by atoms with Gasteiger partial charge in [0.1, 0.15) is 0 Å². The van der Waals surface area contributed by atoms with Gasteiger partial charge in [-0.2, -0.15) is 0 Å². The Morgan fingerprint density at radius 1 is 1.11 bits per heavy atom. The number of hydrogen-bond acceptors (Lipinski definition) is 4. The zero-order chi connectivity index (χ0) is 19.3. The minimum atomic E-state index is -0.294. The van der Waals surface area contributed by atoms with Gasteiger partial charge in [0.25, 0.3) is 0 Å². The highest BCUT2D eigenvalue weighted by atomic mass is 16.5. The number of aliphatic hydroxyl groups is 1. The fourth-order valence-electron chi connectivity index (χ4n) is 4.05. The van der Waals surface area contributed by atoms with Crippen LogP contribution in [0.5, 0.6) is 0 Å². The van der Waals surface area contributed by atoms with Crippen molar-refractivity contribution in [3.05, 3.63) is 71.8 Å². The monoisotopic (exact) mass is 378 g/mol. The van der Waals surface area contributed by atoms with Crippen LogP contribution in [0.4, 0.5) is 0 Å². The third-order valence-corrected chi connectivity index (χ3v) is 5.66. The molecule has 2 aliphatic rings. The number of ether oxygens (including phenoxy) is 1. The van der Waals surface area contributed by atoms with Crippen LogP contribution in [0.3, 0.4) is 0 Å². The molecule has 1 saturated heterocycles. The number of benzene rings is 2. The van der Waals surface area contributed by atoms with Gasteiger partial charge in [0, 0.05) is 31.1 Å². The molecule has 2 aromatic carbocycles. The Labute approximate surface area is 165 Å². The largest absolute Gasteiger partial charge is 0.394 e. The molecule has 0 aromatic heterocycles. The van der Waals surface area contributed by atoms with Crippen molar-refractivity contribution < 1.29 is 14.6 Å². The maximum absolute atomic E-state index is 13.1. The summed E-state index contributed by atoms with van der Waals surface area (Å²) in [5.41, 5.74) is 2.15. The molecule has 1 amide bonds. The Morgan fingerprint density at radius 3 is 2.39 bits per heavy atom. The smallest absolute Gasteiger partial charge is 0.227 e. The van der Waals surface area contributed by atoms with E-state index >= 15 is 0 Å². The standard InChI is InChI=1S/C23H26N2O3/c26-16-20(17-7-3-1-4-8-17)24-15-19-21(18-9-5-2-6-10-18)22(19)23(27)25-11-13-28-14-12-25/h1-10,15,19-22,26H,11-14,16H2/t19-,20-,21+,22+/m1/s1. The molecule has 0 bridgehead atoms. The number of aliphatic hydroxyl groups excluding tert-OH is 1. The van der Waals surface area contributed by atoms with Crippen LogP contribution in [0.25, 0.3) is 0 Å². The first-order chi connectivity index (χ1) is 13.8. The van der Waals surface area contributed by atoms with Crippen LogP contribution >= 0.6 is 0 Å². The van der Waals surface area contributed by atoms with E-state index in [9.17, 15) is 9.90 Å². The van der Waals surface area contributed by atoms with Crippen LogP contribution in [-0.2, 0) is 9.53 Å². The molecule has 0 unspecified atom stereocenters. The first-order valence-corrected chi connectivity index (χ1v) is 9.90. The van der Waals surface area contributed by atoms with Crippen LogP contribution in [0, 0.1) is 11.8 Å². The second-order valence-corrected chi connectivity index (χ2v) is 7.38. The summed E-state index contributed by atoms with van der Waals surface area (Å²) in [7, 11) is 0. The molecule has 2 fully saturated rings. The lowest BCUT2D eigenvalue weighted by molar-refractivity contribution is -0.136. The molecule has 1 heterocycles. The molecule has 1 aliphatic heterocycles. The van der Waals surface area contributed by atoms with E-state index in [-0.39, 0.29) is 36.3 Å². The summed E-state index contributed by atoms with van der Waals surface area (Å²) in [5, 5.41) is 9.77. The number of aliphatic imine (C=N–C) groups is 1. The minimum absolute atomic E-state index is 0.0503. The number of carbonyl (C=O) groups excluding carboxylic acids is 1. The van der Waals surface area contributed by atoms with Gasteiger partial charge in [0.15, 0.2) is 0 Å². The summed E-state index contributed by atoms with van der Waals surface area (Å²) in [4.78, 5) is 19.7. The molecule has 146 valence electrons. The minimum Gasteiger partial charge on any atom is -0.394 e. The van der Waals surface area contributed by atoms with E-state index < -0.39 is 0 Å². The predicted molar refractivity (Wildman–Crippen MR) is 108 cm³/mol. The lowest BCUT2D eigenvalue weighted by Gasteiger charge is -2.27. The molecular formula is C23H26N2O3. The number of rotatable bonds is 6. The van der Waals surface area contributed by atoms with E-state index in [0.717, 1.165) is 5.56 Å². The van der Waals surface area contributed by atoms with Gasteiger partial charge in [-0.15, -0.1) is 0 Å². The van der Waals surface area contributed by atoms with E-state index in [1.54, 1.807) is 0 Å². The molecule has 5 heteroatoms. The Balaban J connectivity index is 1.53. The van der Waals surface area contributed by atoms with Crippen molar-refractivity contribution in [3.8, 4) is 0 Å². The number of carbonyl (C=O) groups is 1. The fraction of sp³-hybridized carbons (Fsp3) is 0.391. The van der Waals surface area contributed by atoms with Gasteiger partial charge < -0.3 is 14.7 Å². The predicted octanol–water partition coefficient (Wildman–Crippen LogP) is 2.68. The molecule has 4 rings (SSSR count). The Morgan fingerprint density at radius 2 is 1.75 bits per heavy atom. The molecule has 0 spiro atoms. The molecule has 5 nitrogen and oxygen atoms in total. The quantitative estimate of drug-likeness (QED) is 0.786. The Hall–Kier alpha value is -2.50. The summed E-state index contributed by atoms with van der Waals surface area (Å²) in [6.07, 6.45) is 1.90. The van der Waals surface area contributed by atoms with E-state index in [4.69, 9.17) is 4.74 Å². The molecule has 28 heavy (non-hydrogen) atoms. The van der Waals surface area contributed by atoms with Gasteiger partial charge in [-0.3, -0.25) is 9.79 Å². The normalized spacial score (nSPS) is 25.6. The highest BCUT2D eigenvalue weighted by Gasteiger charge is 2.55. The van der Waals surface area contributed by atoms with Crippen molar-refractivity contribution in [1.82, 2.24) is 4.90 Å². The average Bonchev–Trinajstić information content (AvgIpc) is 3.50. The summed E-state index contributed by atoms with van der Waals surface area (Å²) in [5.74, 6) is 0.319. The van der Waals surface area contributed by atoms with E-state index in [1.165, 1.54) is 5.56 Å². The van der Waals surface area contributed by atoms with Crippen molar-refractivity contribution in [2.75, 3.05) is 32.9 Å². The number of hydrogen-bond donors (Lipinski definition) is 1. The molecule has 2 aromatic rings. The summed E-state index contributed by atoms with van der Waals surface area (Å²) >= 11 is 0. The van der Waals surface area contributed by atoms with Crippen LogP contribution in [0.1, 0.15) is 23.1 Å². The second-order valence-electron chi connectivity index (χ2n) is 7.38. The molecule has 1 saturated carbocycles. The van der Waals surface area contributed by atoms with E-state index in [0.29, 0.717) is 26.3 Å². The van der Waals surface area contributed by atoms with Gasteiger partial charge in [-0.1, -0.05) is 60.7 Å². The Bertz CT molecular complexity index is 803. The van der Waals surface area contributed by atoms with Crippen molar-refractivity contribution in [2.45, 2.75) is 12.0 Å². The number of morpholine rings is 1. The molecular weight excluding hydrogens is 352 g/mol. The summed E-state index contributed by atoms with van der Waals surface area (Å²) < 4.78 is 5.38. The SMILES string of the molecule is O=C([C@H]1[C@H](C=N[C@H](CO)c2ccccc2)[C@@H]1c1ccccc1)N1CCOCC1. The van der Waals surface area contributed by atoms with Crippen molar-refractivity contribution in [3.63, 3.8) is 0 Å². The van der Waals surface area contributed by atoms with Crippen molar-refractivity contribution in [2.24, 2.45) is 16.8 Å². The van der Waals surface area contributed by atoms with Crippen LogP contribution in [0.2, 0.25) is 0 Å². The van der Waals surface area contributed by atoms with Gasteiger partial charge in [-0.05, 0) is 11.1 Å². The maximum atomic E-state index is 13.1. The van der Waals surface area contributed by atoms with Crippen LogP contribution < -0.4 is 0 Å². The third-order valence-electron chi connectivity index (χ3n) is 5.66. The zero-order valence-electron chi connectivity index (χ0n) is 15.9. The number of nitrogens with zero attached hydrogens (tertiary/aromatic N) is 2. The van der Waals surface area contributed by atoms with Crippen molar-refractivity contribution >= 4 is 12.1 Å². The highest BCUT2D eigenvalue weighted by molar-refractivity contribution is 5.90. The lowest BCUT2D eigenvalue weighted by Crippen LogP contribution is -2.42. The number of amides is 1. The first-order valence-electron chi connectivity index (χ1n) is 9.90.